The van der Waals surface area contributed by atoms with Gasteiger partial charge in [-0.3, -0.25) is 0 Å². The first-order valence-corrected chi connectivity index (χ1v) is 11.3. The average Bonchev–Trinajstić information content (AvgIpc) is 3.21. The average molecular weight is 455 g/mol. The molecule has 0 saturated carbocycles. The number of hydrogen-bond donors (Lipinski definition) is 3. The number of alkyl halides is 3. The quantitative estimate of drug-likeness (QED) is 0.451. The van der Waals surface area contributed by atoms with Crippen LogP contribution in [0.5, 0.6) is 0 Å². The van der Waals surface area contributed by atoms with E-state index in [4.69, 9.17) is 0 Å². The molecule has 3 unspecified atom stereocenters. The van der Waals surface area contributed by atoms with E-state index in [-0.39, 0.29) is 42.6 Å². The monoisotopic (exact) mass is 454 g/mol. The van der Waals surface area contributed by atoms with Gasteiger partial charge in [0.25, 0.3) is 0 Å². The Labute approximate surface area is 192 Å². The number of benzene rings is 3. The van der Waals surface area contributed by atoms with Gasteiger partial charge in [0.1, 0.15) is 0 Å². The second-order valence-electron chi connectivity index (χ2n) is 8.57. The number of aliphatic hydroxyl groups excluding tert-OH is 1. The molecule has 0 radical (unpaired) electrons. The van der Waals surface area contributed by atoms with E-state index in [1.54, 1.807) is 6.07 Å². The highest BCUT2D eigenvalue weighted by Crippen LogP contribution is 2.36. The van der Waals surface area contributed by atoms with Crippen LogP contribution in [0.15, 0.2) is 84.9 Å². The molecule has 174 valence electrons. The normalized spacial score (nSPS) is 20.9. The van der Waals surface area contributed by atoms with Gasteiger partial charge in [0.2, 0.25) is 0 Å². The maximum Gasteiger partial charge on any atom is 0.416 e. The highest BCUT2D eigenvalue weighted by molar-refractivity contribution is 5.36. The molecule has 3 aromatic rings. The molecule has 1 saturated heterocycles. The summed E-state index contributed by atoms with van der Waals surface area (Å²) >= 11 is 0. The van der Waals surface area contributed by atoms with Crippen LogP contribution in [0.4, 0.5) is 13.2 Å². The summed E-state index contributed by atoms with van der Waals surface area (Å²) in [5.74, 6) is 0.124. The van der Waals surface area contributed by atoms with Crippen LogP contribution in [0.25, 0.3) is 0 Å². The largest absolute Gasteiger partial charge is 0.416 e. The van der Waals surface area contributed by atoms with Crippen molar-refractivity contribution in [1.82, 2.24) is 10.6 Å². The topological polar surface area (TPSA) is 44.3 Å². The predicted molar refractivity (Wildman–Crippen MR) is 124 cm³/mol. The first-order chi connectivity index (χ1) is 16.0. The molecular formula is C27H29F3N2O. The van der Waals surface area contributed by atoms with Crippen molar-refractivity contribution in [2.24, 2.45) is 5.92 Å². The molecule has 3 atom stereocenters. The Bertz CT molecular complexity index is 971. The van der Waals surface area contributed by atoms with Crippen LogP contribution in [0.3, 0.4) is 0 Å². The molecule has 33 heavy (non-hydrogen) atoms. The van der Waals surface area contributed by atoms with Crippen LogP contribution in [-0.2, 0) is 12.7 Å². The minimum atomic E-state index is -4.40. The lowest BCUT2D eigenvalue weighted by molar-refractivity contribution is -0.138. The van der Waals surface area contributed by atoms with E-state index in [2.05, 4.69) is 34.9 Å². The fraction of sp³-hybridized carbons (Fsp3) is 0.333. The highest BCUT2D eigenvalue weighted by atomic mass is 19.4. The molecule has 0 bridgehead atoms. The van der Waals surface area contributed by atoms with Gasteiger partial charge in [0.15, 0.2) is 0 Å². The summed E-state index contributed by atoms with van der Waals surface area (Å²) in [6.07, 6.45) is -3.81. The zero-order valence-corrected chi connectivity index (χ0v) is 18.3. The fourth-order valence-electron chi connectivity index (χ4n) is 5.01. The molecule has 0 aromatic heterocycles. The Hall–Kier alpha value is -2.67. The van der Waals surface area contributed by atoms with Crippen molar-refractivity contribution in [3.8, 4) is 0 Å². The minimum absolute atomic E-state index is 0.0199. The Morgan fingerprint density at radius 1 is 0.879 bits per heavy atom. The lowest BCUT2D eigenvalue weighted by Gasteiger charge is -2.32. The third-order valence-electron chi connectivity index (χ3n) is 6.54. The summed E-state index contributed by atoms with van der Waals surface area (Å²) in [7, 11) is 0. The van der Waals surface area contributed by atoms with E-state index >= 15 is 0 Å². The summed E-state index contributed by atoms with van der Waals surface area (Å²) in [4.78, 5) is 0. The fourth-order valence-corrected chi connectivity index (χ4v) is 5.01. The van der Waals surface area contributed by atoms with Crippen molar-refractivity contribution in [2.45, 2.75) is 37.1 Å². The zero-order chi connectivity index (χ0) is 23.3. The number of aliphatic hydroxyl groups is 1. The number of rotatable bonds is 8. The van der Waals surface area contributed by atoms with Crippen LogP contribution in [0.1, 0.15) is 34.6 Å². The van der Waals surface area contributed by atoms with Crippen LogP contribution < -0.4 is 10.6 Å². The SMILES string of the molecule is OCCC1CNC(C(c2ccccc2)c2ccccc2)C1NCc1ccccc1C(F)(F)F. The lowest BCUT2D eigenvalue weighted by Crippen LogP contribution is -2.46. The van der Waals surface area contributed by atoms with Crippen LogP contribution >= 0.6 is 0 Å². The Balaban J connectivity index is 1.65. The lowest BCUT2D eigenvalue weighted by atomic mass is 9.80. The van der Waals surface area contributed by atoms with E-state index in [1.165, 1.54) is 12.1 Å². The summed E-state index contributed by atoms with van der Waals surface area (Å²) < 4.78 is 40.6. The van der Waals surface area contributed by atoms with Gasteiger partial charge in [-0.25, -0.2) is 0 Å². The van der Waals surface area contributed by atoms with Crippen LogP contribution in [0, 0.1) is 5.92 Å². The van der Waals surface area contributed by atoms with Crippen molar-refractivity contribution in [2.75, 3.05) is 13.2 Å². The standard InChI is InChI=1S/C27H29F3N2O/c28-27(29,30)23-14-8-7-13-21(23)17-31-25-22(15-16-33)18-32-26(25)24(19-9-3-1-4-10-19)20-11-5-2-6-12-20/h1-14,22,24-26,31-33H,15-18H2. The molecule has 4 rings (SSSR count). The summed E-state index contributed by atoms with van der Waals surface area (Å²) in [6, 6.07) is 25.9. The van der Waals surface area contributed by atoms with E-state index in [1.807, 2.05) is 36.4 Å². The molecule has 1 heterocycles. The van der Waals surface area contributed by atoms with E-state index in [9.17, 15) is 18.3 Å². The zero-order valence-electron chi connectivity index (χ0n) is 18.3. The molecule has 3 aromatic carbocycles. The van der Waals surface area contributed by atoms with Gasteiger partial charge >= 0.3 is 6.18 Å². The van der Waals surface area contributed by atoms with E-state index in [0.29, 0.717) is 13.0 Å². The van der Waals surface area contributed by atoms with Gasteiger partial charge in [-0.2, -0.15) is 13.2 Å². The molecule has 1 aliphatic heterocycles. The summed E-state index contributed by atoms with van der Waals surface area (Å²) in [5, 5.41) is 16.7. The van der Waals surface area contributed by atoms with Crippen molar-refractivity contribution < 1.29 is 18.3 Å². The maximum atomic E-state index is 13.5. The van der Waals surface area contributed by atoms with Crippen molar-refractivity contribution >= 4 is 0 Å². The molecule has 6 heteroatoms. The molecule has 3 nitrogen and oxygen atoms in total. The maximum absolute atomic E-state index is 13.5. The minimum Gasteiger partial charge on any atom is -0.396 e. The second kappa shape index (κ2) is 10.5. The molecule has 1 fully saturated rings. The smallest absolute Gasteiger partial charge is 0.396 e. The van der Waals surface area contributed by atoms with E-state index in [0.717, 1.165) is 17.2 Å². The van der Waals surface area contributed by atoms with Crippen molar-refractivity contribution in [1.29, 1.82) is 0 Å². The molecule has 1 aliphatic rings. The van der Waals surface area contributed by atoms with E-state index < -0.39 is 11.7 Å². The third-order valence-corrected chi connectivity index (χ3v) is 6.54. The van der Waals surface area contributed by atoms with Crippen LogP contribution in [-0.4, -0.2) is 30.3 Å². The van der Waals surface area contributed by atoms with Gasteiger partial charge in [-0.15, -0.1) is 0 Å². The molecule has 0 spiro atoms. The van der Waals surface area contributed by atoms with Crippen molar-refractivity contribution in [3.05, 3.63) is 107 Å². The van der Waals surface area contributed by atoms with Gasteiger partial charge in [-0.05, 0) is 41.6 Å². The summed E-state index contributed by atoms with van der Waals surface area (Å²) in [5.41, 5.74) is 1.91. The van der Waals surface area contributed by atoms with Gasteiger partial charge in [0, 0.05) is 31.2 Å². The Kier molecular flexibility index (Phi) is 7.48. The van der Waals surface area contributed by atoms with Crippen molar-refractivity contribution in [3.63, 3.8) is 0 Å². The molecule has 0 amide bonds. The molecule has 3 N–H and O–H groups in total. The number of nitrogens with one attached hydrogen (secondary N) is 2. The summed E-state index contributed by atoms with van der Waals surface area (Å²) in [6.45, 7) is 0.842. The first-order valence-electron chi connectivity index (χ1n) is 11.3. The predicted octanol–water partition coefficient (Wildman–Crippen LogP) is 4.97. The number of halogens is 3. The second-order valence-corrected chi connectivity index (χ2v) is 8.57. The number of hydrogen-bond acceptors (Lipinski definition) is 3. The third kappa shape index (κ3) is 5.46. The highest BCUT2D eigenvalue weighted by Gasteiger charge is 2.41. The van der Waals surface area contributed by atoms with Crippen LogP contribution in [0.2, 0.25) is 0 Å². The Morgan fingerprint density at radius 2 is 1.45 bits per heavy atom. The first kappa shape index (κ1) is 23.5. The Morgan fingerprint density at radius 3 is 2.03 bits per heavy atom. The van der Waals surface area contributed by atoms with Gasteiger partial charge < -0.3 is 15.7 Å². The van der Waals surface area contributed by atoms with Gasteiger partial charge in [-0.1, -0.05) is 78.9 Å². The molecule has 0 aliphatic carbocycles. The van der Waals surface area contributed by atoms with Gasteiger partial charge in [0.05, 0.1) is 5.56 Å². The molecular weight excluding hydrogens is 425 g/mol.